The Balaban J connectivity index is 2.41. The molecule has 4 nitrogen and oxygen atoms in total. The fourth-order valence-electron chi connectivity index (χ4n) is 1.51. The quantitative estimate of drug-likeness (QED) is 0.785. The van der Waals surface area contributed by atoms with Crippen molar-refractivity contribution in [3.8, 4) is 0 Å². The Morgan fingerprint density at radius 2 is 2.33 bits per heavy atom. The number of imidazole rings is 1. The minimum absolute atomic E-state index is 0.0652. The summed E-state index contributed by atoms with van der Waals surface area (Å²) in [7, 11) is 0. The molecule has 0 spiro atoms. The summed E-state index contributed by atoms with van der Waals surface area (Å²) in [5.74, 6) is 0.898. The maximum absolute atomic E-state index is 10.9. The number of hydrogen-bond acceptors (Lipinski definition) is 2. The Kier molecular flexibility index (Phi) is 2.41. The van der Waals surface area contributed by atoms with Gasteiger partial charge in [0.05, 0.1) is 11.0 Å². The number of amides is 1. The number of anilines is 1. The number of aromatic amines is 1. The van der Waals surface area contributed by atoms with Crippen molar-refractivity contribution in [2.45, 2.75) is 20.3 Å². The van der Waals surface area contributed by atoms with Crippen LogP contribution >= 0.6 is 0 Å². The van der Waals surface area contributed by atoms with Crippen molar-refractivity contribution in [1.82, 2.24) is 9.97 Å². The molecule has 15 heavy (non-hydrogen) atoms. The fourth-order valence-corrected chi connectivity index (χ4v) is 1.51. The van der Waals surface area contributed by atoms with Gasteiger partial charge in [0, 0.05) is 19.0 Å². The molecule has 2 N–H and O–H groups in total. The van der Waals surface area contributed by atoms with E-state index < -0.39 is 0 Å². The summed E-state index contributed by atoms with van der Waals surface area (Å²) in [6.07, 6.45) is 0.879. The smallest absolute Gasteiger partial charge is 0.221 e. The number of benzene rings is 1. The number of fused-ring (bicyclic) bond motifs is 1. The summed E-state index contributed by atoms with van der Waals surface area (Å²) in [5, 5.41) is 2.74. The van der Waals surface area contributed by atoms with E-state index in [0.717, 1.165) is 29.0 Å². The lowest BCUT2D eigenvalue weighted by molar-refractivity contribution is -0.114. The van der Waals surface area contributed by atoms with Crippen molar-refractivity contribution in [1.29, 1.82) is 0 Å². The van der Waals surface area contributed by atoms with E-state index in [0.29, 0.717) is 0 Å². The number of aromatic nitrogens is 2. The predicted molar refractivity (Wildman–Crippen MR) is 59.8 cm³/mol. The van der Waals surface area contributed by atoms with Gasteiger partial charge in [0.2, 0.25) is 5.91 Å². The second-order valence-corrected chi connectivity index (χ2v) is 3.45. The molecule has 2 rings (SSSR count). The van der Waals surface area contributed by atoms with Crippen LogP contribution < -0.4 is 5.32 Å². The van der Waals surface area contributed by atoms with Gasteiger partial charge < -0.3 is 10.3 Å². The maximum Gasteiger partial charge on any atom is 0.221 e. The van der Waals surface area contributed by atoms with Gasteiger partial charge in [0.25, 0.3) is 0 Å². The normalized spacial score (nSPS) is 10.5. The molecule has 2 aromatic rings. The molecule has 0 aliphatic heterocycles. The lowest BCUT2D eigenvalue weighted by Gasteiger charge is -2.00. The molecule has 0 atom stereocenters. The van der Waals surface area contributed by atoms with Gasteiger partial charge in [0.15, 0.2) is 0 Å². The van der Waals surface area contributed by atoms with Gasteiger partial charge >= 0.3 is 0 Å². The van der Waals surface area contributed by atoms with Crippen LogP contribution in [0.25, 0.3) is 11.0 Å². The van der Waals surface area contributed by atoms with E-state index >= 15 is 0 Å². The topological polar surface area (TPSA) is 57.8 Å². The number of carbonyl (C=O) groups excluding carboxylic acids is 1. The number of rotatable bonds is 2. The molecule has 0 fully saturated rings. The van der Waals surface area contributed by atoms with E-state index in [1.807, 2.05) is 25.1 Å². The molecule has 1 aromatic carbocycles. The highest BCUT2D eigenvalue weighted by Gasteiger charge is 2.02. The Hall–Kier alpha value is -1.84. The van der Waals surface area contributed by atoms with Gasteiger partial charge in [-0.05, 0) is 18.2 Å². The van der Waals surface area contributed by atoms with E-state index in [-0.39, 0.29) is 5.91 Å². The van der Waals surface area contributed by atoms with E-state index in [9.17, 15) is 4.79 Å². The number of H-pyrrole nitrogens is 1. The second-order valence-electron chi connectivity index (χ2n) is 3.45. The van der Waals surface area contributed by atoms with Gasteiger partial charge in [-0.15, -0.1) is 0 Å². The molecular formula is C11H13N3O. The SMILES string of the molecule is CCc1nc2ccc(NC(C)=O)cc2[nH]1. The van der Waals surface area contributed by atoms with Crippen LogP contribution in [-0.2, 0) is 11.2 Å². The average Bonchev–Trinajstić information content (AvgIpc) is 2.58. The number of nitrogens with one attached hydrogen (secondary N) is 2. The summed E-state index contributed by atoms with van der Waals surface area (Å²) < 4.78 is 0. The molecule has 1 aromatic heterocycles. The minimum atomic E-state index is -0.0652. The molecule has 4 heteroatoms. The van der Waals surface area contributed by atoms with Crippen LogP contribution in [0.3, 0.4) is 0 Å². The Labute approximate surface area is 87.7 Å². The first-order valence-electron chi connectivity index (χ1n) is 4.95. The Bertz CT molecular complexity index is 502. The first-order valence-corrected chi connectivity index (χ1v) is 4.95. The number of hydrogen-bond donors (Lipinski definition) is 2. The third-order valence-electron chi connectivity index (χ3n) is 2.19. The van der Waals surface area contributed by atoms with Crippen molar-refractivity contribution in [2.75, 3.05) is 5.32 Å². The summed E-state index contributed by atoms with van der Waals surface area (Å²) in [6.45, 7) is 3.54. The molecule has 78 valence electrons. The lowest BCUT2D eigenvalue weighted by Crippen LogP contribution is -2.05. The highest BCUT2D eigenvalue weighted by Crippen LogP contribution is 2.17. The van der Waals surface area contributed by atoms with E-state index in [1.54, 1.807) is 0 Å². The Morgan fingerprint density at radius 1 is 1.53 bits per heavy atom. The van der Waals surface area contributed by atoms with Crippen molar-refractivity contribution in [2.24, 2.45) is 0 Å². The highest BCUT2D eigenvalue weighted by molar-refractivity contribution is 5.91. The minimum Gasteiger partial charge on any atom is -0.342 e. The van der Waals surface area contributed by atoms with Gasteiger partial charge in [-0.2, -0.15) is 0 Å². The average molecular weight is 203 g/mol. The molecular weight excluding hydrogens is 190 g/mol. The van der Waals surface area contributed by atoms with Gasteiger partial charge in [-0.3, -0.25) is 4.79 Å². The zero-order valence-electron chi connectivity index (χ0n) is 8.79. The van der Waals surface area contributed by atoms with Crippen LogP contribution in [0.4, 0.5) is 5.69 Å². The van der Waals surface area contributed by atoms with E-state index in [1.165, 1.54) is 6.92 Å². The molecule has 1 heterocycles. The summed E-state index contributed by atoms with van der Waals surface area (Å²) in [4.78, 5) is 18.5. The predicted octanol–water partition coefficient (Wildman–Crippen LogP) is 2.08. The number of aryl methyl sites for hydroxylation is 1. The van der Waals surface area contributed by atoms with Crippen molar-refractivity contribution < 1.29 is 4.79 Å². The molecule has 0 aliphatic carbocycles. The van der Waals surface area contributed by atoms with Crippen LogP contribution in [0.15, 0.2) is 18.2 Å². The van der Waals surface area contributed by atoms with Gasteiger partial charge in [0.1, 0.15) is 5.82 Å². The van der Waals surface area contributed by atoms with Crippen LogP contribution in [0.1, 0.15) is 19.7 Å². The zero-order valence-corrected chi connectivity index (χ0v) is 8.79. The number of carbonyl (C=O) groups is 1. The molecule has 0 saturated carbocycles. The molecule has 1 amide bonds. The molecule has 0 saturated heterocycles. The largest absolute Gasteiger partial charge is 0.342 e. The number of nitrogens with zero attached hydrogens (tertiary/aromatic N) is 1. The van der Waals surface area contributed by atoms with Crippen LogP contribution in [0.5, 0.6) is 0 Å². The van der Waals surface area contributed by atoms with E-state index in [4.69, 9.17) is 0 Å². The van der Waals surface area contributed by atoms with Crippen molar-refractivity contribution >= 4 is 22.6 Å². The third-order valence-corrected chi connectivity index (χ3v) is 2.19. The highest BCUT2D eigenvalue weighted by atomic mass is 16.1. The standard InChI is InChI=1S/C11H13N3O/c1-3-11-13-9-5-4-8(12-7(2)15)6-10(9)14-11/h4-6H,3H2,1-2H3,(H,12,15)(H,13,14). The zero-order chi connectivity index (χ0) is 10.8. The van der Waals surface area contributed by atoms with Crippen LogP contribution in [0.2, 0.25) is 0 Å². The van der Waals surface area contributed by atoms with Gasteiger partial charge in [-0.1, -0.05) is 6.92 Å². The lowest BCUT2D eigenvalue weighted by atomic mass is 10.3. The van der Waals surface area contributed by atoms with E-state index in [2.05, 4.69) is 15.3 Å². The first kappa shape index (κ1) is 9.71. The van der Waals surface area contributed by atoms with Crippen molar-refractivity contribution in [3.63, 3.8) is 0 Å². The summed E-state index contributed by atoms with van der Waals surface area (Å²) >= 11 is 0. The molecule has 0 aliphatic rings. The molecule has 0 unspecified atom stereocenters. The second kappa shape index (κ2) is 3.73. The van der Waals surface area contributed by atoms with Crippen LogP contribution in [-0.4, -0.2) is 15.9 Å². The van der Waals surface area contributed by atoms with Crippen LogP contribution in [0, 0.1) is 0 Å². The molecule has 0 radical (unpaired) electrons. The Morgan fingerprint density at radius 3 is 3.00 bits per heavy atom. The van der Waals surface area contributed by atoms with Gasteiger partial charge in [-0.25, -0.2) is 4.98 Å². The van der Waals surface area contributed by atoms with Crippen molar-refractivity contribution in [3.05, 3.63) is 24.0 Å². The monoisotopic (exact) mass is 203 g/mol. The maximum atomic E-state index is 10.9. The molecule has 0 bridgehead atoms. The fraction of sp³-hybridized carbons (Fsp3) is 0.273. The first-order chi connectivity index (χ1) is 7.19. The summed E-state index contributed by atoms with van der Waals surface area (Å²) in [6, 6.07) is 5.64. The summed E-state index contributed by atoms with van der Waals surface area (Å²) in [5.41, 5.74) is 2.68. The third kappa shape index (κ3) is 1.98.